The molecule has 88 valence electrons. The minimum atomic E-state index is 0.295. The van der Waals surface area contributed by atoms with Crippen molar-refractivity contribution in [3.8, 4) is 11.4 Å². The van der Waals surface area contributed by atoms with Gasteiger partial charge < -0.3 is 9.47 Å². The van der Waals surface area contributed by atoms with Crippen LogP contribution in [0.25, 0.3) is 5.69 Å². The molecule has 1 atom stereocenters. The van der Waals surface area contributed by atoms with Crippen molar-refractivity contribution in [2.24, 2.45) is 0 Å². The van der Waals surface area contributed by atoms with Crippen molar-refractivity contribution in [3.05, 3.63) is 42.2 Å². The fraction of sp³-hybridized carbons (Fsp3) is 0.308. The van der Waals surface area contributed by atoms with Crippen LogP contribution in [0.15, 0.2) is 36.7 Å². The largest absolute Gasteiger partial charge is 0.491 e. The number of ether oxygens (including phenoxy) is 2. The first-order valence-electron chi connectivity index (χ1n) is 5.67. The van der Waals surface area contributed by atoms with Crippen molar-refractivity contribution >= 4 is 0 Å². The third kappa shape index (κ3) is 2.47. The number of hydrogen-bond donors (Lipinski definition) is 0. The topological polar surface area (TPSA) is 39.6 Å². The van der Waals surface area contributed by atoms with Crippen LogP contribution in [-0.4, -0.2) is 29.1 Å². The molecule has 1 fully saturated rings. The molecule has 1 aliphatic rings. The molecular formula is C13H14N2O2. The molecule has 0 saturated carbocycles. The van der Waals surface area contributed by atoms with Gasteiger partial charge in [-0.05, 0) is 36.8 Å². The fourth-order valence-corrected chi connectivity index (χ4v) is 1.60. The lowest BCUT2D eigenvalue weighted by Crippen LogP contribution is -2.04. The summed E-state index contributed by atoms with van der Waals surface area (Å²) in [6, 6.07) is 7.90. The lowest BCUT2D eigenvalue weighted by molar-refractivity contribution is 0.263. The Hall–Kier alpha value is -1.81. The number of nitrogens with zero attached hydrogens (tertiary/aromatic N) is 2. The molecule has 2 heterocycles. The summed E-state index contributed by atoms with van der Waals surface area (Å²) in [5.74, 6) is 0.869. The Morgan fingerprint density at radius 1 is 1.41 bits per heavy atom. The van der Waals surface area contributed by atoms with Crippen LogP contribution in [0.5, 0.6) is 5.75 Å². The molecule has 0 spiro atoms. The zero-order valence-corrected chi connectivity index (χ0v) is 9.67. The van der Waals surface area contributed by atoms with Gasteiger partial charge in [0.15, 0.2) is 0 Å². The van der Waals surface area contributed by atoms with E-state index in [-0.39, 0.29) is 0 Å². The second kappa shape index (κ2) is 4.22. The summed E-state index contributed by atoms with van der Waals surface area (Å²) < 4.78 is 12.5. The van der Waals surface area contributed by atoms with Crippen LogP contribution in [0.3, 0.4) is 0 Å². The van der Waals surface area contributed by atoms with Crippen molar-refractivity contribution in [3.63, 3.8) is 0 Å². The number of aromatic nitrogens is 2. The van der Waals surface area contributed by atoms with Crippen LogP contribution in [0, 0.1) is 6.92 Å². The molecule has 1 unspecified atom stereocenters. The molecule has 0 bridgehead atoms. The Morgan fingerprint density at radius 3 is 2.76 bits per heavy atom. The van der Waals surface area contributed by atoms with Crippen LogP contribution >= 0.6 is 0 Å². The van der Waals surface area contributed by atoms with Gasteiger partial charge in [-0.25, -0.2) is 4.68 Å². The van der Waals surface area contributed by atoms with Crippen molar-refractivity contribution in [1.29, 1.82) is 0 Å². The van der Waals surface area contributed by atoms with E-state index in [0.29, 0.717) is 12.7 Å². The second-order valence-electron chi connectivity index (χ2n) is 4.22. The highest BCUT2D eigenvalue weighted by Crippen LogP contribution is 2.17. The summed E-state index contributed by atoms with van der Waals surface area (Å²) in [4.78, 5) is 0. The molecule has 17 heavy (non-hydrogen) atoms. The summed E-state index contributed by atoms with van der Waals surface area (Å²) in [6.45, 7) is 3.49. The molecule has 4 nitrogen and oxygen atoms in total. The van der Waals surface area contributed by atoms with E-state index < -0.39 is 0 Å². The minimum Gasteiger partial charge on any atom is -0.491 e. The Kier molecular flexibility index (Phi) is 2.57. The summed E-state index contributed by atoms with van der Waals surface area (Å²) in [7, 11) is 0. The first-order chi connectivity index (χ1) is 8.31. The third-order valence-corrected chi connectivity index (χ3v) is 2.65. The van der Waals surface area contributed by atoms with Crippen LogP contribution in [0.4, 0.5) is 0 Å². The Labute approximate surface area is 99.8 Å². The predicted octanol–water partition coefficient (Wildman–Crippen LogP) is 1.96. The van der Waals surface area contributed by atoms with Gasteiger partial charge in [0.05, 0.1) is 18.5 Å². The monoisotopic (exact) mass is 230 g/mol. The normalized spacial score (nSPS) is 18.1. The molecule has 1 aromatic heterocycles. The highest BCUT2D eigenvalue weighted by Gasteiger charge is 2.22. The van der Waals surface area contributed by atoms with E-state index in [0.717, 1.165) is 23.6 Å². The number of aryl methyl sites for hydroxylation is 1. The van der Waals surface area contributed by atoms with Crippen molar-refractivity contribution < 1.29 is 9.47 Å². The maximum Gasteiger partial charge on any atom is 0.119 e. The minimum absolute atomic E-state index is 0.295. The fourth-order valence-electron chi connectivity index (χ4n) is 1.60. The number of epoxide rings is 1. The highest BCUT2D eigenvalue weighted by atomic mass is 16.6. The average molecular weight is 230 g/mol. The number of hydrogen-bond acceptors (Lipinski definition) is 3. The van der Waals surface area contributed by atoms with Crippen molar-refractivity contribution in [2.75, 3.05) is 13.2 Å². The molecule has 3 rings (SSSR count). The average Bonchev–Trinajstić information content (AvgIpc) is 3.09. The van der Waals surface area contributed by atoms with Crippen LogP contribution < -0.4 is 4.74 Å². The lowest BCUT2D eigenvalue weighted by atomic mass is 10.3. The maximum absolute atomic E-state index is 5.57. The van der Waals surface area contributed by atoms with E-state index in [2.05, 4.69) is 5.10 Å². The van der Waals surface area contributed by atoms with Gasteiger partial charge in [-0.15, -0.1) is 0 Å². The SMILES string of the molecule is Cc1cnn(-c2ccc(OCC3CO3)cc2)c1. The lowest BCUT2D eigenvalue weighted by Gasteiger charge is -2.05. The Balaban J connectivity index is 1.70. The molecule has 4 heteroatoms. The molecule has 1 aromatic carbocycles. The first-order valence-corrected chi connectivity index (χ1v) is 5.67. The summed E-state index contributed by atoms with van der Waals surface area (Å²) in [5.41, 5.74) is 2.18. The first kappa shape index (κ1) is 10.4. The number of rotatable bonds is 4. The zero-order chi connectivity index (χ0) is 11.7. The second-order valence-corrected chi connectivity index (χ2v) is 4.22. The molecule has 0 radical (unpaired) electrons. The zero-order valence-electron chi connectivity index (χ0n) is 9.67. The highest BCUT2D eigenvalue weighted by molar-refractivity contribution is 5.37. The predicted molar refractivity (Wildman–Crippen MR) is 63.5 cm³/mol. The smallest absolute Gasteiger partial charge is 0.119 e. The van der Waals surface area contributed by atoms with Crippen molar-refractivity contribution in [2.45, 2.75) is 13.0 Å². The van der Waals surface area contributed by atoms with E-state index >= 15 is 0 Å². The van der Waals surface area contributed by atoms with Gasteiger partial charge in [0.2, 0.25) is 0 Å². The van der Waals surface area contributed by atoms with Crippen LogP contribution in [0.1, 0.15) is 5.56 Å². The van der Waals surface area contributed by atoms with E-state index in [1.54, 1.807) is 0 Å². The van der Waals surface area contributed by atoms with Crippen LogP contribution in [0.2, 0.25) is 0 Å². The van der Waals surface area contributed by atoms with Gasteiger partial charge >= 0.3 is 0 Å². The Morgan fingerprint density at radius 2 is 2.18 bits per heavy atom. The van der Waals surface area contributed by atoms with Crippen LogP contribution in [-0.2, 0) is 4.74 Å². The van der Waals surface area contributed by atoms with E-state index in [4.69, 9.17) is 9.47 Å². The molecule has 0 amide bonds. The Bertz CT molecular complexity index is 500. The van der Waals surface area contributed by atoms with Gasteiger partial charge in [0, 0.05) is 6.20 Å². The van der Waals surface area contributed by atoms with E-state index in [1.165, 1.54) is 0 Å². The van der Waals surface area contributed by atoms with Crippen molar-refractivity contribution in [1.82, 2.24) is 9.78 Å². The van der Waals surface area contributed by atoms with Gasteiger partial charge in [-0.2, -0.15) is 5.10 Å². The van der Waals surface area contributed by atoms with Gasteiger partial charge in [0.25, 0.3) is 0 Å². The van der Waals surface area contributed by atoms with Gasteiger partial charge in [-0.1, -0.05) is 0 Å². The quantitative estimate of drug-likeness (QED) is 0.754. The summed E-state index contributed by atoms with van der Waals surface area (Å²) in [6.07, 6.45) is 4.13. The van der Waals surface area contributed by atoms with E-state index in [1.807, 2.05) is 48.3 Å². The summed E-state index contributed by atoms with van der Waals surface area (Å²) >= 11 is 0. The molecule has 0 aliphatic carbocycles. The molecule has 1 saturated heterocycles. The molecule has 2 aromatic rings. The third-order valence-electron chi connectivity index (χ3n) is 2.65. The molecule has 1 aliphatic heterocycles. The van der Waals surface area contributed by atoms with E-state index in [9.17, 15) is 0 Å². The molecular weight excluding hydrogens is 216 g/mol. The number of benzene rings is 1. The standard InChI is InChI=1S/C13H14N2O2/c1-10-6-14-15(7-10)11-2-4-12(5-3-11)16-8-13-9-17-13/h2-7,13H,8-9H2,1H3. The summed E-state index contributed by atoms with van der Waals surface area (Å²) in [5, 5.41) is 4.26. The molecule has 0 N–H and O–H groups in total. The van der Waals surface area contributed by atoms with Gasteiger partial charge in [-0.3, -0.25) is 0 Å². The maximum atomic E-state index is 5.57. The van der Waals surface area contributed by atoms with Gasteiger partial charge in [0.1, 0.15) is 18.5 Å².